The SMILES string of the molecule is c1cnnc(OC[C@@H]2CO2)c1. The summed E-state index contributed by atoms with van der Waals surface area (Å²) in [6.07, 6.45) is 1.89. The molecule has 0 spiro atoms. The van der Waals surface area contributed by atoms with E-state index in [1.807, 2.05) is 0 Å². The zero-order chi connectivity index (χ0) is 7.52. The van der Waals surface area contributed by atoms with Gasteiger partial charge >= 0.3 is 0 Å². The summed E-state index contributed by atoms with van der Waals surface area (Å²) in [7, 11) is 0. The lowest BCUT2D eigenvalue weighted by Crippen LogP contribution is -2.05. The summed E-state index contributed by atoms with van der Waals surface area (Å²) in [5, 5.41) is 7.42. The van der Waals surface area contributed by atoms with Crippen molar-refractivity contribution in [3.8, 4) is 5.88 Å². The molecule has 1 atom stereocenters. The molecule has 1 fully saturated rings. The van der Waals surface area contributed by atoms with Gasteiger partial charge in [0.25, 0.3) is 0 Å². The molecular weight excluding hydrogens is 144 g/mol. The van der Waals surface area contributed by atoms with Gasteiger partial charge in [-0.15, -0.1) is 5.10 Å². The maximum absolute atomic E-state index is 5.23. The van der Waals surface area contributed by atoms with E-state index >= 15 is 0 Å². The Hall–Kier alpha value is -1.16. The minimum Gasteiger partial charge on any atom is -0.474 e. The Balaban J connectivity index is 1.85. The molecule has 0 aliphatic carbocycles. The van der Waals surface area contributed by atoms with Gasteiger partial charge in [-0.3, -0.25) is 0 Å². The Morgan fingerprint density at radius 2 is 2.64 bits per heavy atom. The summed E-state index contributed by atoms with van der Waals surface area (Å²) in [6.45, 7) is 1.39. The molecule has 0 aromatic carbocycles. The molecular formula is C7H8N2O2. The molecule has 2 rings (SSSR count). The van der Waals surface area contributed by atoms with Gasteiger partial charge in [-0.1, -0.05) is 0 Å². The van der Waals surface area contributed by atoms with Crippen LogP contribution in [0.5, 0.6) is 5.88 Å². The Bertz CT molecular complexity index is 223. The van der Waals surface area contributed by atoms with E-state index in [2.05, 4.69) is 10.2 Å². The zero-order valence-corrected chi connectivity index (χ0v) is 5.93. The molecule has 2 heterocycles. The summed E-state index contributed by atoms with van der Waals surface area (Å²) in [5.41, 5.74) is 0. The molecule has 11 heavy (non-hydrogen) atoms. The molecule has 0 N–H and O–H groups in total. The summed E-state index contributed by atoms with van der Waals surface area (Å²) < 4.78 is 10.2. The van der Waals surface area contributed by atoms with E-state index in [0.717, 1.165) is 6.61 Å². The molecule has 0 saturated carbocycles. The van der Waals surface area contributed by atoms with Crippen LogP contribution in [0.3, 0.4) is 0 Å². The minimum atomic E-state index is 0.275. The molecule has 1 aromatic heterocycles. The maximum Gasteiger partial charge on any atom is 0.233 e. The summed E-state index contributed by atoms with van der Waals surface area (Å²) in [6, 6.07) is 3.56. The van der Waals surface area contributed by atoms with Crippen LogP contribution in [0.2, 0.25) is 0 Å². The second-order valence-electron chi connectivity index (χ2n) is 2.33. The van der Waals surface area contributed by atoms with Gasteiger partial charge in [0.15, 0.2) is 0 Å². The molecule has 58 valence electrons. The highest BCUT2D eigenvalue weighted by atomic mass is 16.6. The van der Waals surface area contributed by atoms with Crippen LogP contribution in [0, 0.1) is 0 Å². The fourth-order valence-corrected chi connectivity index (χ4v) is 0.707. The number of hydrogen-bond acceptors (Lipinski definition) is 4. The lowest BCUT2D eigenvalue weighted by molar-refractivity contribution is 0.253. The average molecular weight is 152 g/mol. The average Bonchev–Trinajstić information content (AvgIpc) is 2.86. The Labute approximate surface area is 64.2 Å². The Kier molecular flexibility index (Phi) is 1.69. The molecule has 1 aliphatic rings. The van der Waals surface area contributed by atoms with Gasteiger partial charge in [-0.05, 0) is 6.07 Å². The fourth-order valence-electron chi connectivity index (χ4n) is 0.707. The molecule has 0 amide bonds. The van der Waals surface area contributed by atoms with Crippen LogP contribution in [0.4, 0.5) is 0 Å². The third-order valence-corrected chi connectivity index (χ3v) is 1.37. The summed E-state index contributed by atoms with van der Waals surface area (Å²) in [5.74, 6) is 0.558. The van der Waals surface area contributed by atoms with Gasteiger partial charge < -0.3 is 9.47 Å². The molecule has 4 heteroatoms. The van der Waals surface area contributed by atoms with E-state index in [9.17, 15) is 0 Å². The molecule has 0 unspecified atom stereocenters. The van der Waals surface area contributed by atoms with E-state index in [-0.39, 0.29) is 6.10 Å². The lowest BCUT2D eigenvalue weighted by atomic mass is 10.5. The number of hydrogen-bond donors (Lipinski definition) is 0. The van der Waals surface area contributed by atoms with Crippen LogP contribution < -0.4 is 4.74 Å². The van der Waals surface area contributed by atoms with Crippen molar-refractivity contribution in [3.63, 3.8) is 0 Å². The molecule has 1 aromatic rings. The quantitative estimate of drug-likeness (QED) is 0.582. The largest absolute Gasteiger partial charge is 0.474 e. The highest BCUT2D eigenvalue weighted by Gasteiger charge is 2.23. The van der Waals surface area contributed by atoms with Gasteiger partial charge in [0.05, 0.1) is 6.61 Å². The Morgan fingerprint density at radius 3 is 3.27 bits per heavy atom. The number of rotatable bonds is 3. The topological polar surface area (TPSA) is 47.5 Å². The first kappa shape index (κ1) is 6.54. The molecule has 0 radical (unpaired) electrons. The lowest BCUT2D eigenvalue weighted by Gasteiger charge is -1.99. The Morgan fingerprint density at radius 1 is 1.73 bits per heavy atom. The van der Waals surface area contributed by atoms with Gasteiger partial charge in [0, 0.05) is 12.3 Å². The van der Waals surface area contributed by atoms with E-state index in [0.29, 0.717) is 12.5 Å². The van der Waals surface area contributed by atoms with E-state index in [1.165, 1.54) is 0 Å². The van der Waals surface area contributed by atoms with Crippen LogP contribution in [-0.4, -0.2) is 29.5 Å². The predicted molar refractivity (Wildman–Crippen MR) is 37.3 cm³/mol. The summed E-state index contributed by atoms with van der Waals surface area (Å²) in [4.78, 5) is 0. The van der Waals surface area contributed by atoms with Gasteiger partial charge in [0.1, 0.15) is 12.7 Å². The number of aromatic nitrogens is 2. The first-order valence-corrected chi connectivity index (χ1v) is 3.47. The monoisotopic (exact) mass is 152 g/mol. The second-order valence-corrected chi connectivity index (χ2v) is 2.33. The normalized spacial score (nSPS) is 21.3. The summed E-state index contributed by atoms with van der Waals surface area (Å²) >= 11 is 0. The van der Waals surface area contributed by atoms with E-state index in [4.69, 9.17) is 9.47 Å². The van der Waals surface area contributed by atoms with Crippen LogP contribution in [0.25, 0.3) is 0 Å². The third kappa shape index (κ3) is 1.88. The van der Waals surface area contributed by atoms with Crippen molar-refractivity contribution in [3.05, 3.63) is 18.3 Å². The van der Waals surface area contributed by atoms with Crippen molar-refractivity contribution in [2.75, 3.05) is 13.2 Å². The van der Waals surface area contributed by atoms with Crippen molar-refractivity contribution in [2.24, 2.45) is 0 Å². The highest BCUT2D eigenvalue weighted by molar-refractivity contribution is 5.05. The van der Waals surface area contributed by atoms with Gasteiger partial charge in [-0.25, -0.2) is 0 Å². The first-order chi connectivity index (χ1) is 5.45. The molecule has 4 nitrogen and oxygen atoms in total. The van der Waals surface area contributed by atoms with Crippen LogP contribution in [0.15, 0.2) is 18.3 Å². The number of ether oxygens (including phenoxy) is 2. The van der Waals surface area contributed by atoms with Gasteiger partial charge in [0.2, 0.25) is 5.88 Å². The van der Waals surface area contributed by atoms with Crippen molar-refractivity contribution >= 4 is 0 Å². The maximum atomic E-state index is 5.23. The van der Waals surface area contributed by atoms with Crippen molar-refractivity contribution < 1.29 is 9.47 Å². The highest BCUT2D eigenvalue weighted by Crippen LogP contribution is 2.10. The fraction of sp³-hybridized carbons (Fsp3) is 0.429. The van der Waals surface area contributed by atoms with E-state index in [1.54, 1.807) is 18.3 Å². The molecule has 1 aliphatic heterocycles. The molecule has 1 saturated heterocycles. The molecule has 0 bridgehead atoms. The second kappa shape index (κ2) is 2.84. The van der Waals surface area contributed by atoms with Crippen molar-refractivity contribution in [2.45, 2.75) is 6.10 Å². The van der Waals surface area contributed by atoms with Gasteiger partial charge in [-0.2, -0.15) is 5.10 Å². The van der Waals surface area contributed by atoms with Crippen LogP contribution >= 0.6 is 0 Å². The smallest absolute Gasteiger partial charge is 0.233 e. The number of epoxide rings is 1. The van der Waals surface area contributed by atoms with Crippen LogP contribution in [-0.2, 0) is 4.74 Å². The standard InChI is InChI=1S/C7H8N2O2/c1-2-7(9-8-3-1)11-5-6-4-10-6/h1-3,6H,4-5H2/t6-/m0/s1. The van der Waals surface area contributed by atoms with Crippen molar-refractivity contribution in [1.29, 1.82) is 0 Å². The van der Waals surface area contributed by atoms with Crippen molar-refractivity contribution in [1.82, 2.24) is 10.2 Å². The predicted octanol–water partition coefficient (Wildman–Crippen LogP) is 0.254. The number of nitrogens with zero attached hydrogens (tertiary/aromatic N) is 2. The zero-order valence-electron chi connectivity index (χ0n) is 5.93. The minimum absolute atomic E-state index is 0.275. The van der Waals surface area contributed by atoms with E-state index < -0.39 is 0 Å². The first-order valence-electron chi connectivity index (χ1n) is 3.47. The van der Waals surface area contributed by atoms with Crippen LogP contribution in [0.1, 0.15) is 0 Å². The third-order valence-electron chi connectivity index (χ3n) is 1.37.